The van der Waals surface area contributed by atoms with Crippen LogP contribution in [0.4, 0.5) is 11.9 Å². The molecule has 1 heterocycles. The molecule has 0 unspecified atom stereocenters. The van der Waals surface area contributed by atoms with Crippen molar-refractivity contribution >= 4 is 28.7 Å². The molecule has 0 saturated heterocycles. The molecule has 0 spiro atoms. The van der Waals surface area contributed by atoms with Crippen LogP contribution in [0.25, 0.3) is 11.4 Å². The van der Waals surface area contributed by atoms with E-state index < -0.39 is 10.0 Å². The molecule has 0 aliphatic rings. The number of nitrogen functional groups attached to an aromatic ring is 2. The van der Waals surface area contributed by atoms with Crippen LogP contribution >= 0.6 is 0 Å². The monoisotopic (exact) mass is 388 g/mol. The van der Waals surface area contributed by atoms with Gasteiger partial charge >= 0.3 is 0 Å². The van der Waals surface area contributed by atoms with Gasteiger partial charge in [0.05, 0.1) is 4.90 Å². The lowest BCUT2D eigenvalue weighted by atomic mass is 10.2. The van der Waals surface area contributed by atoms with Crippen molar-refractivity contribution < 1.29 is 13.2 Å². The van der Waals surface area contributed by atoms with E-state index >= 15 is 0 Å². The Balaban J connectivity index is 0.000000254. The lowest BCUT2D eigenvalue weighted by molar-refractivity contribution is -0.0979. The minimum Gasteiger partial charge on any atom is -0.368 e. The molecule has 0 atom stereocenters. The lowest BCUT2D eigenvalue weighted by Gasteiger charge is -2.00. The van der Waals surface area contributed by atoms with E-state index in [0.29, 0.717) is 10.7 Å². The van der Waals surface area contributed by atoms with Crippen molar-refractivity contribution in [3.8, 4) is 11.4 Å². The first kappa shape index (κ1) is 21.7. The fourth-order valence-corrected chi connectivity index (χ4v) is 2.59. The van der Waals surface area contributed by atoms with Crippen molar-refractivity contribution in [3.63, 3.8) is 0 Å². The van der Waals surface area contributed by atoms with Gasteiger partial charge in [0, 0.05) is 5.56 Å². The third-order valence-electron chi connectivity index (χ3n) is 3.02. The molecule has 3 rings (SSSR count). The molecular formula is C17H20N6O3S. The van der Waals surface area contributed by atoms with Gasteiger partial charge in [-0.1, -0.05) is 48.5 Å². The Morgan fingerprint density at radius 3 is 1.70 bits per heavy atom. The summed E-state index contributed by atoms with van der Waals surface area (Å²) in [5.74, 6) is 0.767. The normalized spacial score (nSPS) is 9.96. The Labute approximate surface area is 157 Å². The zero-order chi connectivity index (χ0) is 20.3. The first-order valence-corrected chi connectivity index (χ1v) is 9.00. The van der Waals surface area contributed by atoms with E-state index in [4.69, 9.17) is 16.3 Å². The van der Waals surface area contributed by atoms with E-state index in [9.17, 15) is 8.42 Å². The quantitative estimate of drug-likeness (QED) is 0.603. The fraction of sp³-hybridized carbons (Fsp3) is 0.0588. The van der Waals surface area contributed by atoms with Crippen LogP contribution in [0.5, 0.6) is 0 Å². The summed E-state index contributed by atoms with van der Waals surface area (Å²) in [5.41, 5.74) is 11.8. The molecule has 0 radical (unpaired) electrons. The lowest BCUT2D eigenvalue weighted by Crippen LogP contribution is -2.18. The molecule has 9 nitrogen and oxygen atoms in total. The second-order valence-electron chi connectivity index (χ2n) is 4.76. The summed E-state index contributed by atoms with van der Waals surface area (Å²) in [6, 6.07) is 17.7. The number of nitrogens with one attached hydrogen (secondary N) is 1. The molecule has 0 fully saturated rings. The fourth-order valence-electron chi connectivity index (χ4n) is 1.84. The SMILES string of the molecule is C=O.CNS(=O)(=O)c1ccccc1.Nc1nc(N)nc(-c2ccccc2)n1. The Bertz CT molecular complexity index is 917. The molecule has 0 aliphatic carbocycles. The maximum absolute atomic E-state index is 11.1. The molecule has 27 heavy (non-hydrogen) atoms. The summed E-state index contributed by atoms with van der Waals surface area (Å²) in [6.07, 6.45) is 0. The van der Waals surface area contributed by atoms with Gasteiger partial charge in [-0.3, -0.25) is 0 Å². The van der Waals surface area contributed by atoms with Crippen molar-refractivity contribution in [2.45, 2.75) is 4.90 Å². The number of hydrogen-bond acceptors (Lipinski definition) is 8. The molecule has 142 valence electrons. The van der Waals surface area contributed by atoms with Gasteiger partial charge in [-0.25, -0.2) is 13.1 Å². The van der Waals surface area contributed by atoms with E-state index in [1.165, 1.54) is 7.05 Å². The minimum absolute atomic E-state index is 0.136. The van der Waals surface area contributed by atoms with Gasteiger partial charge in [-0.2, -0.15) is 15.0 Å². The maximum Gasteiger partial charge on any atom is 0.240 e. The van der Waals surface area contributed by atoms with Gasteiger partial charge in [0.25, 0.3) is 0 Å². The third kappa shape index (κ3) is 6.80. The zero-order valence-corrected chi connectivity index (χ0v) is 15.4. The number of aromatic nitrogens is 3. The second kappa shape index (κ2) is 10.6. The van der Waals surface area contributed by atoms with Crippen LogP contribution in [0.3, 0.4) is 0 Å². The molecule has 2 aromatic carbocycles. The highest BCUT2D eigenvalue weighted by Crippen LogP contribution is 2.14. The number of hydrogen-bond donors (Lipinski definition) is 3. The molecule has 0 saturated carbocycles. The number of carbonyl (C=O) groups excluding carboxylic acids is 1. The standard InChI is InChI=1S/C9H9N5.C7H9NO2S.CH2O/c10-8-12-7(13-9(11)14-8)6-4-2-1-3-5-6;1-8-11(9,10)7-5-3-2-4-6-7;1-2/h1-5H,(H4,10,11,12,13,14);2-6,8H,1H3;1H2. The van der Waals surface area contributed by atoms with Gasteiger partial charge in [0.2, 0.25) is 21.9 Å². The summed E-state index contributed by atoms with van der Waals surface area (Å²) < 4.78 is 24.4. The van der Waals surface area contributed by atoms with Crippen molar-refractivity contribution in [2.24, 2.45) is 0 Å². The maximum atomic E-state index is 11.1. The Morgan fingerprint density at radius 2 is 1.26 bits per heavy atom. The predicted molar refractivity (Wildman–Crippen MR) is 104 cm³/mol. The van der Waals surface area contributed by atoms with Crippen LogP contribution < -0.4 is 16.2 Å². The molecule has 0 amide bonds. The van der Waals surface area contributed by atoms with E-state index in [1.807, 2.05) is 37.1 Å². The van der Waals surface area contributed by atoms with Crippen LogP contribution in [0, 0.1) is 0 Å². The van der Waals surface area contributed by atoms with Crippen LogP contribution in [0.1, 0.15) is 0 Å². The topological polar surface area (TPSA) is 154 Å². The Morgan fingerprint density at radius 1 is 0.815 bits per heavy atom. The van der Waals surface area contributed by atoms with Crippen LogP contribution in [0.2, 0.25) is 0 Å². The summed E-state index contributed by atoms with van der Waals surface area (Å²) >= 11 is 0. The first-order chi connectivity index (χ1) is 12.9. The highest BCUT2D eigenvalue weighted by Gasteiger charge is 2.08. The molecule has 0 bridgehead atoms. The van der Waals surface area contributed by atoms with Gasteiger partial charge in [-0.05, 0) is 19.2 Å². The average Bonchev–Trinajstić information content (AvgIpc) is 2.71. The van der Waals surface area contributed by atoms with Gasteiger partial charge in [0.1, 0.15) is 6.79 Å². The predicted octanol–water partition coefficient (Wildman–Crippen LogP) is 1.11. The van der Waals surface area contributed by atoms with Gasteiger partial charge in [0.15, 0.2) is 5.82 Å². The van der Waals surface area contributed by atoms with Crippen molar-refractivity contribution in [2.75, 3.05) is 18.5 Å². The largest absolute Gasteiger partial charge is 0.368 e. The molecule has 0 aliphatic heterocycles. The number of carbonyl (C=O) groups is 1. The zero-order valence-electron chi connectivity index (χ0n) is 14.6. The number of benzene rings is 2. The molecule has 1 aromatic heterocycles. The van der Waals surface area contributed by atoms with Crippen molar-refractivity contribution in [1.29, 1.82) is 0 Å². The van der Waals surface area contributed by atoms with Gasteiger partial charge < -0.3 is 16.3 Å². The first-order valence-electron chi connectivity index (χ1n) is 7.52. The number of nitrogens with two attached hydrogens (primary N) is 2. The molecule has 10 heteroatoms. The van der Waals surface area contributed by atoms with Crippen molar-refractivity contribution in [1.82, 2.24) is 19.7 Å². The highest BCUT2D eigenvalue weighted by atomic mass is 32.2. The number of nitrogens with zero attached hydrogens (tertiary/aromatic N) is 3. The Kier molecular flexibility index (Phi) is 8.49. The van der Waals surface area contributed by atoms with E-state index in [-0.39, 0.29) is 11.9 Å². The van der Waals surface area contributed by atoms with E-state index in [1.54, 1.807) is 30.3 Å². The average molecular weight is 388 g/mol. The third-order valence-corrected chi connectivity index (χ3v) is 4.45. The van der Waals surface area contributed by atoms with E-state index in [2.05, 4.69) is 19.7 Å². The molecule has 3 aromatic rings. The highest BCUT2D eigenvalue weighted by molar-refractivity contribution is 7.89. The summed E-state index contributed by atoms with van der Waals surface area (Å²) in [7, 11) is -1.86. The minimum atomic E-state index is -3.25. The second-order valence-corrected chi connectivity index (χ2v) is 6.65. The summed E-state index contributed by atoms with van der Waals surface area (Å²) in [4.78, 5) is 19.9. The van der Waals surface area contributed by atoms with Crippen molar-refractivity contribution in [3.05, 3.63) is 60.7 Å². The van der Waals surface area contributed by atoms with E-state index in [0.717, 1.165) is 5.56 Å². The number of rotatable bonds is 3. The molecular weight excluding hydrogens is 368 g/mol. The molecule has 5 N–H and O–H groups in total. The smallest absolute Gasteiger partial charge is 0.240 e. The summed E-state index contributed by atoms with van der Waals surface area (Å²) in [5, 5.41) is 0. The van der Waals surface area contributed by atoms with Crippen LogP contribution in [-0.2, 0) is 14.8 Å². The Hall–Kier alpha value is -3.37. The number of sulfonamides is 1. The van der Waals surface area contributed by atoms with Crippen LogP contribution in [-0.4, -0.2) is 37.2 Å². The van der Waals surface area contributed by atoms with Crippen LogP contribution in [0.15, 0.2) is 65.6 Å². The summed E-state index contributed by atoms with van der Waals surface area (Å²) in [6.45, 7) is 2.00. The van der Waals surface area contributed by atoms with Gasteiger partial charge in [-0.15, -0.1) is 0 Å². The number of anilines is 2.